The molecule has 0 radical (unpaired) electrons. The number of aliphatic hydroxyl groups is 4. The molecule has 1 saturated heterocycles. The van der Waals surface area contributed by atoms with Crippen LogP contribution in [0.4, 0.5) is 0 Å². The highest BCUT2D eigenvalue weighted by molar-refractivity contribution is 5.69. The first-order valence-corrected chi connectivity index (χ1v) is 21.1. The molecule has 9 nitrogen and oxygen atoms in total. The largest absolute Gasteiger partial charge is 0.457 e. The Morgan fingerprint density at radius 3 is 1.42 bits per heavy atom. The van der Waals surface area contributed by atoms with E-state index in [-0.39, 0.29) is 19.2 Å². The lowest BCUT2D eigenvalue weighted by molar-refractivity contribution is -0.305. The molecule has 4 N–H and O–H groups in total. The minimum Gasteiger partial charge on any atom is -0.457 e. The van der Waals surface area contributed by atoms with Crippen molar-refractivity contribution in [2.75, 3.05) is 26.4 Å². The summed E-state index contributed by atoms with van der Waals surface area (Å²) in [5.41, 5.74) is 0. The molecule has 1 fully saturated rings. The predicted molar refractivity (Wildman–Crippen MR) is 201 cm³/mol. The van der Waals surface area contributed by atoms with E-state index >= 15 is 0 Å². The monoisotopic (exact) mass is 717 g/mol. The van der Waals surface area contributed by atoms with Gasteiger partial charge in [-0.3, -0.25) is 4.79 Å². The number of ether oxygens (including phenoxy) is 4. The molecule has 1 aliphatic rings. The van der Waals surface area contributed by atoms with E-state index in [1.807, 2.05) is 0 Å². The summed E-state index contributed by atoms with van der Waals surface area (Å²) >= 11 is 0. The fourth-order valence-electron chi connectivity index (χ4n) is 6.67. The molecule has 0 spiro atoms. The maximum atomic E-state index is 12.7. The van der Waals surface area contributed by atoms with Gasteiger partial charge >= 0.3 is 5.97 Å². The zero-order valence-electron chi connectivity index (χ0n) is 32.4. The lowest BCUT2D eigenvalue weighted by Crippen LogP contribution is -2.59. The Morgan fingerprint density at radius 2 is 0.980 bits per heavy atom. The van der Waals surface area contributed by atoms with E-state index in [2.05, 4.69) is 13.8 Å². The van der Waals surface area contributed by atoms with Gasteiger partial charge in [0.25, 0.3) is 0 Å². The third-order valence-electron chi connectivity index (χ3n) is 10.0. The van der Waals surface area contributed by atoms with Crippen molar-refractivity contribution in [3.05, 3.63) is 0 Å². The van der Waals surface area contributed by atoms with Crippen LogP contribution in [-0.2, 0) is 23.7 Å². The Kier molecular flexibility index (Phi) is 32.1. The van der Waals surface area contributed by atoms with Crippen LogP contribution in [-0.4, -0.2) is 89.6 Å². The molecule has 6 atom stereocenters. The lowest BCUT2D eigenvalue weighted by Gasteiger charge is -2.39. The number of hydrogen-bond donors (Lipinski definition) is 4. The van der Waals surface area contributed by atoms with Crippen LogP contribution in [0.3, 0.4) is 0 Å². The van der Waals surface area contributed by atoms with Gasteiger partial charge in [-0.05, 0) is 12.8 Å². The van der Waals surface area contributed by atoms with Crippen molar-refractivity contribution < 1.29 is 44.2 Å². The number of esters is 1. The number of carbonyl (C=O) groups is 1. The van der Waals surface area contributed by atoms with Crippen LogP contribution in [0.2, 0.25) is 0 Å². The Bertz CT molecular complexity index is 737. The van der Waals surface area contributed by atoms with E-state index in [1.165, 1.54) is 141 Å². The Balaban J connectivity index is 2.14. The lowest BCUT2D eigenvalue weighted by atomic mass is 9.99. The van der Waals surface area contributed by atoms with Crippen LogP contribution in [0.5, 0.6) is 0 Å². The van der Waals surface area contributed by atoms with Crippen molar-refractivity contribution in [2.24, 2.45) is 0 Å². The van der Waals surface area contributed by atoms with Crippen LogP contribution in [0.25, 0.3) is 0 Å². The quantitative estimate of drug-likeness (QED) is 0.0371. The highest BCUT2D eigenvalue weighted by Gasteiger charge is 2.44. The molecule has 0 aromatic carbocycles. The number of carbonyl (C=O) groups excluding carboxylic acids is 1. The van der Waals surface area contributed by atoms with E-state index in [0.717, 1.165) is 32.1 Å². The van der Waals surface area contributed by atoms with Crippen molar-refractivity contribution in [2.45, 2.75) is 230 Å². The van der Waals surface area contributed by atoms with Gasteiger partial charge in [0.2, 0.25) is 0 Å². The van der Waals surface area contributed by atoms with Crippen molar-refractivity contribution in [1.82, 2.24) is 0 Å². The molecule has 0 aromatic heterocycles. The van der Waals surface area contributed by atoms with Gasteiger partial charge < -0.3 is 39.4 Å². The highest BCUT2D eigenvalue weighted by atomic mass is 16.7. The first kappa shape index (κ1) is 47.2. The van der Waals surface area contributed by atoms with Crippen LogP contribution < -0.4 is 0 Å². The fraction of sp³-hybridized carbons (Fsp3) is 0.976. The van der Waals surface area contributed by atoms with Crippen molar-refractivity contribution in [3.63, 3.8) is 0 Å². The molecule has 0 amide bonds. The molecule has 1 heterocycles. The summed E-state index contributed by atoms with van der Waals surface area (Å²) < 4.78 is 22.6. The average Bonchev–Trinajstić information content (AvgIpc) is 3.11. The van der Waals surface area contributed by atoms with E-state index in [1.54, 1.807) is 0 Å². The van der Waals surface area contributed by atoms with Crippen molar-refractivity contribution >= 4 is 5.97 Å². The second kappa shape index (κ2) is 34.0. The number of hydrogen-bond acceptors (Lipinski definition) is 9. The molecule has 0 aromatic rings. The molecule has 0 bridgehead atoms. The molecular weight excluding hydrogens is 636 g/mol. The van der Waals surface area contributed by atoms with Gasteiger partial charge in [0.1, 0.15) is 30.5 Å². The average molecular weight is 717 g/mol. The van der Waals surface area contributed by atoms with Gasteiger partial charge in [0.15, 0.2) is 6.29 Å². The van der Waals surface area contributed by atoms with E-state index in [4.69, 9.17) is 18.9 Å². The normalized spacial score (nSPS) is 21.4. The van der Waals surface area contributed by atoms with E-state index in [0.29, 0.717) is 13.0 Å². The molecule has 9 heteroatoms. The number of aliphatic hydroxyl groups excluding tert-OH is 4. The molecule has 50 heavy (non-hydrogen) atoms. The summed E-state index contributed by atoms with van der Waals surface area (Å²) in [6.07, 6.45) is 27.3. The van der Waals surface area contributed by atoms with Gasteiger partial charge in [-0.25, -0.2) is 0 Å². The molecule has 0 aliphatic carbocycles. The van der Waals surface area contributed by atoms with Gasteiger partial charge in [-0.2, -0.15) is 0 Å². The molecule has 0 saturated carbocycles. The fourth-order valence-corrected chi connectivity index (χ4v) is 6.67. The van der Waals surface area contributed by atoms with Gasteiger partial charge in [-0.15, -0.1) is 0 Å². The third kappa shape index (κ3) is 25.2. The first-order chi connectivity index (χ1) is 24.4. The molecule has 1 rings (SSSR count). The number of unbranched alkanes of at least 4 members (excludes halogenated alkanes) is 25. The maximum absolute atomic E-state index is 12.7. The zero-order chi connectivity index (χ0) is 36.5. The van der Waals surface area contributed by atoms with Crippen LogP contribution in [0.1, 0.15) is 194 Å². The molecular formula is C41H80O9. The summed E-state index contributed by atoms with van der Waals surface area (Å²) in [5.74, 6) is -0.312. The van der Waals surface area contributed by atoms with Crippen LogP contribution in [0.15, 0.2) is 0 Å². The second-order valence-corrected chi connectivity index (χ2v) is 14.8. The van der Waals surface area contributed by atoms with E-state index in [9.17, 15) is 25.2 Å². The van der Waals surface area contributed by atoms with Gasteiger partial charge in [0, 0.05) is 13.0 Å². The maximum Gasteiger partial charge on any atom is 0.306 e. The summed E-state index contributed by atoms with van der Waals surface area (Å²) in [6, 6.07) is 0. The highest BCUT2D eigenvalue weighted by Crippen LogP contribution is 2.23. The predicted octanol–water partition coefficient (Wildman–Crippen LogP) is 8.69. The summed E-state index contributed by atoms with van der Waals surface area (Å²) in [5, 5.41) is 39.9. The second-order valence-electron chi connectivity index (χ2n) is 14.8. The minimum atomic E-state index is -1.53. The summed E-state index contributed by atoms with van der Waals surface area (Å²) in [7, 11) is 0. The Labute approximate surface area is 306 Å². The van der Waals surface area contributed by atoms with Gasteiger partial charge in [0.05, 0.1) is 19.8 Å². The van der Waals surface area contributed by atoms with Crippen LogP contribution in [0, 0.1) is 0 Å². The molecule has 1 aliphatic heterocycles. The smallest absolute Gasteiger partial charge is 0.306 e. The number of rotatable bonds is 36. The first-order valence-electron chi connectivity index (χ1n) is 21.1. The zero-order valence-corrected chi connectivity index (χ0v) is 32.4. The topological polar surface area (TPSA) is 135 Å². The molecule has 6 unspecified atom stereocenters. The van der Waals surface area contributed by atoms with Crippen LogP contribution >= 0.6 is 0 Å². The van der Waals surface area contributed by atoms with Crippen molar-refractivity contribution in [3.8, 4) is 0 Å². The standard InChI is InChI=1S/C41H80O9/c1-3-5-7-9-11-12-13-14-15-16-17-18-19-20-21-22-23-24-25-26-28-30-37(43)49-35(33-47-31-29-27-10-8-6-4-2)34-48-41-40(46)39(45)38(44)36(32-42)50-41/h35-36,38-42,44-46H,3-34H2,1-2H3. The Morgan fingerprint density at radius 1 is 0.560 bits per heavy atom. The summed E-state index contributed by atoms with van der Waals surface area (Å²) in [6.45, 7) is 4.54. The Hall–Kier alpha value is -0.810. The van der Waals surface area contributed by atoms with Gasteiger partial charge in [-0.1, -0.05) is 174 Å². The third-order valence-corrected chi connectivity index (χ3v) is 10.0. The molecule has 298 valence electrons. The van der Waals surface area contributed by atoms with Crippen molar-refractivity contribution in [1.29, 1.82) is 0 Å². The SMILES string of the molecule is CCCCCCCCCCCCCCCCCCCCCCCC(=O)OC(COCCCCCCCC)COC1OC(CO)C(O)C(O)C1O. The summed E-state index contributed by atoms with van der Waals surface area (Å²) in [4.78, 5) is 12.7. The minimum absolute atomic E-state index is 0.107. The van der Waals surface area contributed by atoms with E-state index < -0.39 is 43.4 Å².